The first-order valence-electron chi connectivity index (χ1n) is 5.91. The average Bonchev–Trinajstić information content (AvgIpc) is 2.62. The van der Waals surface area contributed by atoms with Crippen molar-refractivity contribution >= 4 is 6.29 Å². The van der Waals surface area contributed by atoms with Gasteiger partial charge in [-0.2, -0.15) is 0 Å². The van der Waals surface area contributed by atoms with Crippen molar-refractivity contribution in [3.8, 4) is 0 Å². The van der Waals surface area contributed by atoms with Crippen LogP contribution in [0.3, 0.4) is 0 Å². The third-order valence-electron chi connectivity index (χ3n) is 3.05. The van der Waals surface area contributed by atoms with Crippen molar-refractivity contribution < 1.29 is 4.79 Å². The molecule has 0 fully saturated rings. The van der Waals surface area contributed by atoms with Crippen molar-refractivity contribution in [3.05, 3.63) is 11.6 Å². The molecule has 0 saturated heterocycles. The Morgan fingerprint density at radius 1 is 1.64 bits per heavy atom. The molecule has 80 valence electrons. The van der Waals surface area contributed by atoms with Crippen molar-refractivity contribution in [2.45, 2.75) is 52.4 Å². The lowest BCUT2D eigenvalue weighted by Gasteiger charge is -2.03. The maximum absolute atomic E-state index is 10.5. The van der Waals surface area contributed by atoms with E-state index in [1.807, 2.05) is 6.92 Å². The van der Waals surface area contributed by atoms with E-state index in [1.54, 1.807) is 0 Å². The fourth-order valence-electron chi connectivity index (χ4n) is 2.20. The summed E-state index contributed by atoms with van der Waals surface area (Å²) in [4.78, 5) is 10.5. The Morgan fingerprint density at radius 2 is 2.43 bits per heavy atom. The number of carbonyl (C=O) groups is 1. The first kappa shape index (κ1) is 11.5. The molecule has 0 amide bonds. The Labute approximate surface area is 87.6 Å². The van der Waals surface area contributed by atoms with E-state index in [9.17, 15) is 4.79 Å². The highest BCUT2D eigenvalue weighted by Crippen LogP contribution is 2.31. The fraction of sp³-hybridized carbons (Fsp3) is 0.769. The van der Waals surface area contributed by atoms with Gasteiger partial charge in [0, 0.05) is 5.92 Å². The highest BCUT2D eigenvalue weighted by atomic mass is 16.1. The summed E-state index contributed by atoms with van der Waals surface area (Å²) < 4.78 is 0. The summed E-state index contributed by atoms with van der Waals surface area (Å²) in [5.74, 6) is 1.02. The van der Waals surface area contributed by atoms with E-state index in [2.05, 4.69) is 13.0 Å². The van der Waals surface area contributed by atoms with Crippen molar-refractivity contribution in [2.75, 3.05) is 0 Å². The van der Waals surface area contributed by atoms with E-state index >= 15 is 0 Å². The Morgan fingerprint density at radius 3 is 3.07 bits per heavy atom. The van der Waals surface area contributed by atoms with Gasteiger partial charge in [-0.3, -0.25) is 0 Å². The van der Waals surface area contributed by atoms with Crippen LogP contribution >= 0.6 is 0 Å². The minimum absolute atomic E-state index is 0.214. The largest absolute Gasteiger partial charge is 0.303 e. The van der Waals surface area contributed by atoms with Crippen molar-refractivity contribution in [2.24, 2.45) is 11.8 Å². The standard InChI is InChI=1S/C13H22O/c1-3-4-5-12-6-7-13(9-12)8-11(2)10-14/h9-12H,3-8H2,1-2H3. The lowest BCUT2D eigenvalue weighted by Crippen LogP contribution is -1.96. The molecule has 1 heteroatoms. The summed E-state index contributed by atoms with van der Waals surface area (Å²) in [7, 11) is 0. The van der Waals surface area contributed by atoms with Gasteiger partial charge in [0.15, 0.2) is 0 Å². The van der Waals surface area contributed by atoms with Gasteiger partial charge >= 0.3 is 0 Å². The maximum atomic E-state index is 10.5. The van der Waals surface area contributed by atoms with Crippen LogP contribution in [-0.4, -0.2) is 6.29 Å². The first-order chi connectivity index (χ1) is 6.76. The molecule has 0 aliphatic heterocycles. The predicted molar refractivity (Wildman–Crippen MR) is 60.2 cm³/mol. The summed E-state index contributed by atoms with van der Waals surface area (Å²) in [6.07, 6.45) is 11.0. The second-order valence-electron chi connectivity index (χ2n) is 4.58. The molecule has 1 rings (SSSR count). The van der Waals surface area contributed by atoms with Crippen LogP contribution in [-0.2, 0) is 4.79 Å². The van der Waals surface area contributed by atoms with Gasteiger partial charge in [0.05, 0.1) is 0 Å². The SMILES string of the molecule is CCCCC1C=C(CC(C)C=O)CC1. The number of aldehydes is 1. The lowest BCUT2D eigenvalue weighted by atomic mass is 10.0. The Kier molecular flexibility index (Phi) is 4.92. The first-order valence-corrected chi connectivity index (χ1v) is 5.91. The van der Waals surface area contributed by atoms with Gasteiger partial charge in [-0.1, -0.05) is 38.3 Å². The van der Waals surface area contributed by atoms with E-state index in [4.69, 9.17) is 0 Å². The Balaban J connectivity index is 2.30. The van der Waals surface area contributed by atoms with Gasteiger partial charge in [-0.05, 0) is 31.6 Å². The second-order valence-corrected chi connectivity index (χ2v) is 4.58. The van der Waals surface area contributed by atoms with Crippen LogP contribution in [0.25, 0.3) is 0 Å². The third kappa shape index (κ3) is 3.65. The summed E-state index contributed by atoms with van der Waals surface area (Å²) in [6.45, 7) is 4.25. The number of rotatable bonds is 6. The molecule has 0 aromatic heterocycles. The number of allylic oxidation sites excluding steroid dienone is 2. The second kappa shape index (κ2) is 6.00. The molecule has 0 N–H and O–H groups in total. The minimum atomic E-state index is 0.214. The van der Waals surface area contributed by atoms with Gasteiger partial charge in [-0.25, -0.2) is 0 Å². The predicted octanol–water partition coefficient (Wildman–Crippen LogP) is 3.74. The van der Waals surface area contributed by atoms with Gasteiger partial charge in [0.25, 0.3) is 0 Å². The lowest BCUT2D eigenvalue weighted by molar-refractivity contribution is -0.110. The highest BCUT2D eigenvalue weighted by molar-refractivity contribution is 5.53. The molecule has 1 aliphatic rings. The third-order valence-corrected chi connectivity index (χ3v) is 3.05. The maximum Gasteiger partial charge on any atom is 0.123 e. The molecule has 0 aromatic rings. The van der Waals surface area contributed by atoms with Crippen LogP contribution in [0.2, 0.25) is 0 Å². The molecule has 0 bridgehead atoms. The zero-order valence-electron chi connectivity index (χ0n) is 9.46. The van der Waals surface area contributed by atoms with Gasteiger partial charge < -0.3 is 4.79 Å². The molecule has 2 unspecified atom stereocenters. The van der Waals surface area contributed by atoms with E-state index < -0.39 is 0 Å². The van der Waals surface area contributed by atoms with E-state index in [0.29, 0.717) is 0 Å². The molecule has 0 spiro atoms. The topological polar surface area (TPSA) is 17.1 Å². The molecular formula is C13H22O. The van der Waals surface area contributed by atoms with Crippen LogP contribution < -0.4 is 0 Å². The number of unbranched alkanes of at least 4 members (excludes halogenated alkanes) is 1. The van der Waals surface area contributed by atoms with Crippen molar-refractivity contribution in [3.63, 3.8) is 0 Å². The Bertz CT molecular complexity index is 205. The zero-order chi connectivity index (χ0) is 10.4. The molecule has 14 heavy (non-hydrogen) atoms. The molecule has 2 atom stereocenters. The van der Waals surface area contributed by atoms with E-state index in [0.717, 1.165) is 18.6 Å². The zero-order valence-corrected chi connectivity index (χ0v) is 9.46. The number of carbonyl (C=O) groups excluding carboxylic acids is 1. The molecular weight excluding hydrogens is 172 g/mol. The van der Waals surface area contributed by atoms with Gasteiger partial charge in [0.2, 0.25) is 0 Å². The van der Waals surface area contributed by atoms with Crippen molar-refractivity contribution in [1.29, 1.82) is 0 Å². The van der Waals surface area contributed by atoms with Crippen LogP contribution in [0.15, 0.2) is 11.6 Å². The van der Waals surface area contributed by atoms with Gasteiger partial charge in [-0.15, -0.1) is 0 Å². The summed E-state index contributed by atoms with van der Waals surface area (Å²) in [6, 6.07) is 0. The van der Waals surface area contributed by atoms with E-state index in [1.165, 1.54) is 37.7 Å². The fourth-order valence-corrected chi connectivity index (χ4v) is 2.20. The molecule has 1 aliphatic carbocycles. The molecule has 0 saturated carbocycles. The Hall–Kier alpha value is -0.590. The molecule has 0 aromatic carbocycles. The van der Waals surface area contributed by atoms with Crippen LogP contribution in [0.4, 0.5) is 0 Å². The summed E-state index contributed by atoms with van der Waals surface area (Å²) >= 11 is 0. The van der Waals surface area contributed by atoms with E-state index in [-0.39, 0.29) is 5.92 Å². The summed E-state index contributed by atoms with van der Waals surface area (Å²) in [5, 5.41) is 0. The highest BCUT2D eigenvalue weighted by Gasteiger charge is 2.16. The van der Waals surface area contributed by atoms with Crippen LogP contribution in [0, 0.1) is 11.8 Å². The number of hydrogen-bond acceptors (Lipinski definition) is 1. The quantitative estimate of drug-likeness (QED) is 0.465. The normalized spacial score (nSPS) is 23.3. The number of hydrogen-bond donors (Lipinski definition) is 0. The molecule has 1 nitrogen and oxygen atoms in total. The van der Waals surface area contributed by atoms with Crippen LogP contribution in [0.5, 0.6) is 0 Å². The molecule has 0 heterocycles. The smallest absolute Gasteiger partial charge is 0.123 e. The monoisotopic (exact) mass is 194 g/mol. The minimum Gasteiger partial charge on any atom is -0.303 e. The van der Waals surface area contributed by atoms with Gasteiger partial charge in [0.1, 0.15) is 6.29 Å². The average molecular weight is 194 g/mol. The van der Waals surface area contributed by atoms with Crippen LogP contribution in [0.1, 0.15) is 52.4 Å². The molecule has 0 radical (unpaired) electrons. The van der Waals surface area contributed by atoms with Crippen molar-refractivity contribution in [1.82, 2.24) is 0 Å². The summed E-state index contributed by atoms with van der Waals surface area (Å²) in [5.41, 5.74) is 1.52.